The largest absolute Gasteiger partial charge is 0.481 e. The normalized spacial score (nSPS) is 12.3. The molecule has 0 aliphatic rings. The van der Waals surface area contributed by atoms with E-state index in [-0.39, 0.29) is 5.92 Å². The number of tetrazole rings is 1. The summed E-state index contributed by atoms with van der Waals surface area (Å²) in [5.74, 6) is -0.638. The van der Waals surface area contributed by atoms with Crippen LogP contribution in [0.2, 0.25) is 0 Å². The molecule has 88 valence electrons. The van der Waals surface area contributed by atoms with E-state index < -0.39 is 5.97 Å². The second-order valence-electron chi connectivity index (χ2n) is 3.88. The van der Waals surface area contributed by atoms with Crippen LogP contribution >= 0.6 is 0 Å². The van der Waals surface area contributed by atoms with Crippen molar-refractivity contribution in [2.45, 2.75) is 13.3 Å². The monoisotopic (exact) mass is 232 g/mol. The predicted octanol–water partition coefficient (Wildman–Crippen LogP) is 1.13. The lowest BCUT2D eigenvalue weighted by Crippen LogP contribution is -2.12. The molecule has 0 saturated heterocycles. The number of aromatic amines is 1. The predicted molar refractivity (Wildman–Crippen MR) is 60.1 cm³/mol. The Hall–Kier alpha value is -2.24. The van der Waals surface area contributed by atoms with E-state index in [0.717, 1.165) is 11.1 Å². The van der Waals surface area contributed by atoms with Gasteiger partial charge in [0, 0.05) is 5.56 Å². The van der Waals surface area contributed by atoms with Gasteiger partial charge in [0.1, 0.15) is 0 Å². The van der Waals surface area contributed by atoms with Gasteiger partial charge in [-0.25, -0.2) is 0 Å². The van der Waals surface area contributed by atoms with Crippen LogP contribution in [0.25, 0.3) is 11.4 Å². The topological polar surface area (TPSA) is 91.8 Å². The van der Waals surface area contributed by atoms with Crippen LogP contribution in [-0.2, 0) is 11.2 Å². The molecule has 2 N–H and O–H groups in total. The van der Waals surface area contributed by atoms with Gasteiger partial charge in [-0.2, -0.15) is 5.21 Å². The Kier molecular flexibility index (Phi) is 3.13. The molecule has 0 saturated carbocycles. The van der Waals surface area contributed by atoms with Crippen molar-refractivity contribution in [2.75, 3.05) is 0 Å². The van der Waals surface area contributed by atoms with Crippen molar-refractivity contribution >= 4 is 5.97 Å². The Labute approximate surface area is 97.7 Å². The minimum absolute atomic E-state index is 0.383. The van der Waals surface area contributed by atoms with Crippen LogP contribution in [0.3, 0.4) is 0 Å². The summed E-state index contributed by atoms with van der Waals surface area (Å²) >= 11 is 0. The maximum absolute atomic E-state index is 10.7. The third-order valence-corrected chi connectivity index (χ3v) is 2.52. The molecule has 2 rings (SSSR count). The van der Waals surface area contributed by atoms with Crippen molar-refractivity contribution in [2.24, 2.45) is 5.92 Å². The van der Waals surface area contributed by atoms with E-state index in [4.69, 9.17) is 5.11 Å². The summed E-state index contributed by atoms with van der Waals surface area (Å²) in [6, 6.07) is 7.47. The molecule has 2 aromatic rings. The van der Waals surface area contributed by atoms with Crippen LogP contribution in [0, 0.1) is 5.92 Å². The fourth-order valence-electron chi connectivity index (χ4n) is 1.51. The van der Waals surface area contributed by atoms with E-state index in [1.807, 2.05) is 24.3 Å². The van der Waals surface area contributed by atoms with Crippen molar-refractivity contribution in [3.05, 3.63) is 29.8 Å². The zero-order valence-electron chi connectivity index (χ0n) is 9.29. The standard InChI is InChI=1S/C11H12N4O2/c1-7(11(16)17)6-8-2-4-9(5-3-8)10-12-14-15-13-10/h2-5,7H,6H2,1H3,(H,16,17)(H,12,13,14,15). The summed E-state index contributed by atoms with van der Waals surface area (Å²) in [6.45, 7) is 1.69. The number of carboxylic acids is 1. The summed E-state index contributed by atoms with van der Waals surface area (Å²) in [4.78, 5) is 10.7. The van der Waals surface area contributed by atoms with E-state index in [2.05, 4.69) is 20.6 Å². The van der Waals surface area contributed by atoms with Crippen molar-refractivity contribution in [3.63, 3.8) is 0 Å². The number of benzene rings is 1. The number of nitrogens with zero attached hydrogens (tertiary/aromatic N) is 3. The molecule has 0 spiro atoms. The van der Waals surface area contributed by atoms with Gasteiger partial charge in [-0.3, -0.25) is 4.79 Å². The SMILES string of the molecule is CC(Cc1ccc(-c2nn[nH]n2)cc1)C(=O)O. The van der Waals surface area contributed by atoms with Crippen molar-refractivity contribution in [1.82, 2.24) is 20.6 Å². The van der Waals surface area contributed by atoms with Gasteiger partial charge in [-0.1, -0.05) is 31.2 Å². The number of carboxylic acid groups (broad SMARTS) is 1. The molecule has 17 heavy (non-hydrogen) atoms. The van der Waals surface area contributed by atoms with E-state index in [1.54, 1.807) is 6.92 Å². The van der Waals surface area contributed by atoms with E-state index >= 15 is 0 Å². The highest BCUT2D eigenvalue weighted by Gasteiger charge is 2.11. The van der Waals surface area contributed by atoms with Gasteiger partial charge in [0.2, 0.25) is 5.82 Å². The van der Waals surface area contributed by atoms with Crippen LogP contribution in [0.15, 0.2) is 24.3 Å². The molecule has 0 aliphatic heterocycles. The molecule has 0 aliphatic carbocycles. The second-order valence-corrected chi connectivity index (χ2v) is 3.88. The van der Waals surface area contributed by atoms with Crippen LogP contribution in [0.5, 0.6) is 0 Å². The van der Waals surface area contributed by atoms with Crippen molar-refractivity contribution in [3.8, 4) is 11.4 Å². The minimum Gasteiger partial charge on any atom is -0.481 e. The van der Waals surface area contributed by atoms with E-state index in [0.29, 0.717) is 12.2 Å². The number of hydrogen-bond donors (Lipinski definition) is 2. The highest BCUT2D eigenvalue weighted by molar-refractivity contribution is 5.70. The zero-order valence-corrected chi connectivity index (χ0v) is 9.29. The molecule has 6 heteroatoms. The lowest BCUT2D eigenvalue weighted by molar-refractivity contribution is -0.141. The molecule has 0 fully saturated rings. The molecule has 1 aromatic carbocycles. The fraction of sp³-hybridized carbons (Fsp3) is 0.273. The molecule has 6 nitrogen and oxygen atoms in total. The first-order valence-electron chi connectivity index (χ1n) is 5.22. The van der Waals surface area contributed by atoms with Gasteiger partial charge in [0.05, 0.1) is 5.92 Å². The average molecular weight is 232 g/mol. The van der Waals surface area contributed by atoms with Gasteiger partial charge in [0.15, 0.2) is 0 Å². The van der Waals surface area contributed by atoms with Crippen molar-refractivity contribution < 1.29 is 9.90 Å². The number of carbonyl (C=O) groups is 1. The fourth-order valence-corrected chi connectivity index (χ4v) is 1.51. The molecule has 1 aromatic heterocycles. The third-order valence-electron chi connectivity index (χ3n) is 2.52. The summed E-state index contributed by atoms with van der Waals surface area (Å²) in [5.41, 5.74) is 1.83. The third kappa shape index (κ3) is 2.66. The van der Waals surface area contributed by atoms with Crippen LogP contribution in [0.1, 0.15) is 12.5 Å². The van der Waals surface area contributed by atoms with Gasteiger partial charge >= 0.3 is 5.97 Å². The molecule has 1 atom stereocenters. The Bertz CT molecular complexity index is 493. The van der Waals surface area contributed by atoms with Gasteiger partial charge in [-0.15, -0.1) is 10.2 Å². The quantitative estimate of drug-likeness (QED) is 0.824. The first-order chi connectivity index (χ1) is 8.16. The highest BCUT2D eigenvalue weighted by atomic mass is 16.4. The summed E-state index contributed by atoms with van der Waals surface area (Å²) < 4.78 is 0. The van der Waals surface area contributed by atoms with Crippen LogP contribution in [-0.4, -0.2) is 31.7 Å². The van der Waals surface area contributed by atoms with Crippen LogP contribution in [0.4, 0.5) is 0 Å². The molecule has 1 unspecified atom stereocenters. The number of aromatic nitrogens is 4. The molecular formula is C11H12N4O2. The summed E-state index contributed by atoms with van der Waals surface area (Å²) in [7, 11) is 0. The maximum Gasteiger partial charge on any atom is 0.306 e. The van der Waals surface area contributed by atoms with E-state index in [9.17, 15) is 4.79 Å². The smallest absolute Gasteiger partial charge is 0.306 e. The second kappa shape index (κ2) is 4.73. The zero-order chi connectivity index (χ0) is 12.3. The maximum atomic E-state index is 10.7. The number of H-pyrrole nitrogens is 1. The van der Waals surface area contributed by atoms with Gasteiger partial charge in [0.25, 0.3) is 0 Å². The Balaban J connectivity index is 2.11. The highest BCUT2D eigenvalue weighted by Crippen LogP contribution is 2.16. The Morgan fingerprint density at radius 3 is 2.65 bits per heavy atom. The number of nitrogens with one attached hydrogen (secondary N) is 1. The lowest BCUT2D eigenvalue weighted by atomic mass is 10.0. The van der Waals surface area contributed by atoms with E-state index in [1.165, 1.54) is 0 Å². The Morgan fingerprint density at radius 2 is 2.12 bits per heavy atom. The molecule has 1 heterocycles. The number of hydrogen-bond acceptors (Lipinski definition) is 4. The summed E-state index contributed by atoms with van der Waals surface area (Å²) in [6.07, 6.45) is 0.516. The number of rotatable bonds is 4. The molecule has 0 amide bonds. The van der Waals surface area contributed by atoms with Gasteiger partial charge in [-0.05, 0) is 17.2 Å². The lowest BCUT2D eigenvalue weighted by Gasteiger charge is -2.06. The van der Waals surface area contributed by atoms with Gasteiger partial charge < -0.3 is 5.11 Å². The Morgan fingerprint density at radius 1 is 1.41 bits per heavy atom. The number of aliphatic carboxylic acids is 1. The first-order valence-corrected chi connectivity index (χ1v) is 5.22. The molecular weight excluding hydrogens is 220 g/mol. The molecule has 0 radical (unpaired) electrons. The first kappa shape index (κ1) is 11.3. The summed E-state index contributed by atoms with van der Waals surface area (Å²) in [5, 5.41) is 22.4. The van der Waals surface area contributed by atoms with Crippen molar-refractivity contribution in [1.29, 1.82) is 0 Å². The minimum atomic E-state index is -0.785. The average Bonchev–Trinajstić information content (AvgIpc) is 2.83. The molecule has 0 bridgehead atoms. The van der Waals surface area contributed by atoms with Crippen LogP contribution < -0.4 is 0 Å².